The second-order valence-corrected chi connectivity index (χ2v) is 4.00. The maximum atomic E-state index is 10.7. The molecule has 1 atom stereocenters. The number of carbonyl (C=O) groups is 1. The molecular formula is C12H14N4O3. The van der Waals surface area contributed by atoms with Crippen molar-refractivity contribution in [3.63, 3.8) is 0 Å². The molecular weight excluding hydrogens is 248 g/mol. The van der Waals surface area contributed by atoms with Crippen molar-refractivity contribution in [3.8, 4) is 11.4 Å². The third-order valence-corrected chi connectivity index (χ3v) is 2.62. The van der Waals surface area contributed by atoms with Crippen LogP contribution in [0.15, 0.2) is 30.5 Å². The minimum absolute atomic E-state index is 0.144. The maximum Gasteiger partial charge on any atom is 0.320 e. The van der Waals surface area contributed by atoms with Gasteiger partial charge in [0.05, 0.1) is 24.7 Å². The summed E-state index contributed by atoms with van der Waals surface area (Å²) in [6, 6.07) is 6.29. The van der Waals surface area contributed by atoms with Gasteiger partial charge >= 0.3 is 5.97 Å². The number of hydrogen-bond donors (Lipinski definition) is 2. The summed E-state index contributed by atoms with van der Waals surface area (Å²) >= 11 is 0. The van der Waals surface area contributed by atoms with Crippen LogP contribution in [0.5, 0.6) is 5.75 Å². The number of nitrogens with two attached hydrogens (primary N) is 1. The molecule has 3 N–H and O–H groups in total. The highest BCUT2D eigenvalue weighted by atomic mass is 16.5. The quantitative estimate of drug-likeness (QED) is 0.799. The molecule has 0 aliphatic heterocycles. The van der Waals surface area contributed by atoms with Crippen LogP contribution in [0.25, 0.3) is 5.69 Å². The number of hydrogen-bond acceptors (Lipinski definition) is 5. The molecule has 1 unspecified atom stereocenters. The third kappa shape index (κ3) is 3.08. The van der Waals surface area contributed by atoms with E-state index in [1.807, 2.05) is 12.1 Å². The van der Waals surface area contributed by atoms with Crippen molar-refractivity contribution in [1.29, 1.82) is 0 Å². The van der Waals surface area contributed by atoms with Crippen LogP contribution < -0.4 is 10.5 Å². The zero-order valence-corrected chi connectivity index (χ0v) is 10.4. The molecule has 0 saturated carbocycles. The summed E-state index contributed by atoms with van der Waals surface area (Å²) in [4.78, 5) is 10.7. The number of carboxylic acids is 1. The number of carboxylic acid groups (broad SMARTS) is 1. The fourth-order valence-electron chi connectivity index (χ4n) is 1.57. The Bertz CT molecular complexity index is 565. The fraction of sp³-hybridized carbons (Fsp3) is 0.250. The molecule has 0 aliphatic carbocycles. The van der Waals surface area contributed by atoms with Gasteiger partial charge in [-0.3, -0.25) is 4.79 Å². The lowest BCUT2D eigenvalue weighted by molar-refractivity contribution is -0.138. The van der Waals surface area contributed by atoms with Gasteiger partial charge < -0.3 is 15.6 Å². The van der Waals surface area contributed by atoms with Crippen LogP contribution in [0, 0.1) is 0 Å². The van der Waals surface area contributed by atoms with Crippen LogP contribution in [0.1, 0.15) is 5.69 Å². The molecule has 7 heteroatoms. The van der Waals surface area contributed by atoms with Crippen LogP contribution >= 0.6 is 0 Å². The summed E-state index contributed by atoms with van der Waals surface area (Å²) in [5.41, 5.74) is 6.78. The zero-order chi connectivity index (χ0) is 13.8. The van der Waals surface area contributed by atoms with E-state index in [9.17, 15) is 4.79 Å². The van der Waals surface area contributed by atoms with Crippen molar-refractivity contribution in [2.24, 2.45) is 5.73 Å². The van der Waals surface area contributed by atoms with Gasteiger partial charge in [0.2, 0.25) is 0 Å². The molecule has 0 radical (unpaired) electrons. The first kappa shape index (κ1) is 13.0. The SMILES string of the molecule is COc1ccc(-n2cc(CC(N)C(=O)O)nn2)cc1. The average Bonchev–Trinajstić information content (AvgIpc) is 2.87. The smallest absolute Gasteiger partial charge is 0.320 e. The van der Waals surface area contributed by atoms with Crippen molar-refractivity contribution in [2.75, 3.05) is 7.11 Å². The number of methoxy groups -OCH3 is 1. The Balaban J connectivity index is 2.13. The van der Waals surface area contributed by atoms with Crippen molar-refractivity contribution in [3.05, 3.63) is 36.2 Å². The van der Waals surface area contributed by atoms with E-state index in [0.717, 1.165) is 11.4 Å². The van der Waals surface area contributed by atoms with Gasteiger partial charge in [0.15, 0.2) is 0 Å². The van der Waals surface area contributed by atoms with Crippen LogP contribution in [0.2, 0.25) is 0 Å². The van der Waals surface area contributed by atoms with Crippen LogP contribution in [0.3, 0.4) is 0 Å². The highest BCUT2D eigenvalue weighted by Crippen LogP contribution is 2.14. The van der Waals surface area contributed by atoms with Gasteiger partial charge in [-0.1, -0.05) is 5.21 Å². The topological polar surface area (TPSA) is 103 Å². The minimum atomic E-state index is -1.06. The maximum absolute atomic E-state index is 10.7. The monoisotopic (exact) mass is 262 g/mol. The largest absolute Gasteiger partial charge is 0.497 e. The molecule has 1 aromatic carbocycles. The summed E-state index contributed by atoms with van der Waals surface area (Å²) in [5, 5.41) is 16.6. The Kier molecular flexibility index (Phi) is 3.76. The lowest BCUT2D eigenvalue weighted by Crippen LogP contribution is -2.32. The predicted octanol–water partition coefficient (Wildman–Crippen LogP) is 0.230. The number of aliphatic carboxylic acids is 1. The zero-order valence-electron chi connectivity index (χ0n) is 10.4. The second kappa shape index (κ2) is 5.49. The minimum Gasteiger partial charge on any atom is -0.497 e. The first-order chi connectivity index (χ1) is 9.10. The Hall–Kier alpha value is -2.41. The Morgan fingerprint density at radius 1 is 1.47 bits per heavy atom. The summed E-state index contributed by atoms with van der Waals surface area (Å²) in [6.07, 6.45) is 1.80. The van der Waals surface area contributed by atoms with Crippen LogP contribution in [-0.4, -0.2) is 39.2 Å². The molecule has 0 aliphatic rings. The van der Waals surface area contributed by atoms with E-state index in [0.29, 0.717) is 5.69 Å². The van der Waals surface area contributed by atoms with Gasteiger partial charge in [-0.15, -0.1) is 5.10 Å². The molecule has 0 bridgehead atoms. The van der Waals surface area contributed by atoms with Gasteiger partial charge in [-0.25, -0.2) is 4.68 Å². The lowest BCUT2D eigenvalue weighted by atomic mass is 10.2. The van der Waals surface area contributed by atoms with Gasteiger partial charge in [-0.2, -0.15) is 0 Å². The molecule has 0 fully saturated rings. The van der Waals surface area contributed by atoms with E-state index in [2.05, 4.69) is 10.3 Å². The first-order valence-electron chi connectivity index (χ1n) is 5.64. The molecule has 0 amide bonds. The van der Waals surface area contributed by atoms with Crippen LogP contribution in [0.4, 0.5) is 0 Å². The molecule has 0 saturated heterocycles. The van der Waals surface area contributed by atoms with Gasteiger partial charge in [0, 0.05) is 6.42 Å². The predicted molar refractivity (Wildman–Crippen MR) is 67.2 cm³/mol. The normalized spacial score (nSPS) is 12.1. The first-order valence-corrected chi connectivity index (χ1v) is 5.64. The highest BCUT2D eigenvalue weighted by Gasteiger charge is 2.14. The Morgan fingerprint density at radius 3 is 2.74 bits per heavy atom. The number of nitrogens with zero attached hydrogens (tertiary/aromatic N) is 3. The molecule has 0 spiro atoms. The van der Waals surface area contributed by atoms with Crippen molar-refractivity contribution in [2.45, 2.75) is 12.5 Å². The molecule has 1 heterocycles. The van der Waals surface area contributed by atoms with Crippen molar-refractivity contribution in [1.82, 2.24) is 15.0 Å². The average molecular weight is 262 g/mol. The van der Waals surface area contributed by atoms with E-state index < -0.39 is 12.0 Å². The number of aromatic nitrogens is 3. The fourth-order valence-corrected chi connectivity index (χ4v) is 1.57. The van der Waals surface area contributed by atoms with Crippen LogP contribution in [-0.2, 0) is 11.2 Å². The molecule has 19 heavy (non-hydrogen) atoms. The van der Waals surface area contributed by atoms with Gasteiger partial charge in [0.1, 0.15) is 11.8 Å². The number of ether oxygens (including phenoxy) is 1. The van der Waals surface area contributed by atoms with E-state index in [4.69, 9.17) is 15.6 Å². The number of benzene rings is 1. The second-order valence-electron chi connectivity index (χ2n) is 4.00. The highest BCUT2D eigenvalue weighted by molar-refractivity contribution is 5.73. The summed E-state index contributed by atoms with van der Waals surface area (Å²) in [5.74, 6) is -0.309. The molecule has 1 aromatic heterocycles. The Labute approximate surface area is 109 Å². The van der Waals surface area contributed by atoms with Gasteiger partial charge in [0.25, 0.3) is 0 Å². The molecule has 2 aromatic rings. The summed E-state index contributed by atoms with van der Waals surface area (Å²) < 4.78 is 6.62. The van der Waals surface area contributed by atoms with E-state index in [-0.39, 0.29) is 6.42 Å². The van der Waals surface area contributed by atoms with E-state index in [1.165, 1.54) is 0 Å². The summed E-state index contributed by atoms with van der Waals surface area (Å²) in [7, 11) is 1.59. The van der Waals surface area contributed by atoms with Crippen molar-refractivity contribution >= 4 is 5.97 Å². The summed E-state index contributed by atoms with van der Waals surface area (Å²) in [6.45, 7) is 0. The molecule has 100 valence electrons. The lowest BCUT2D eigenvalue weighted by Gasteiger charge is -2.03. The molecule has 7 nitrogen and oxygen atoms in total. The van der Waals surface area contributed by atoms with Gasteiger partial charge in [-0.05, 0) is 24.3 Å². The third-order valence-electron chi connectivity index (χ3n) is 2.62. The van der Waals surface area contributed by atoms with E-state index in [1.54, 1.807) is 30.1 Å². The standard InChI is InChI=1S/C12H14N4O3/c1-19-10-4-2-9(3-5-10)16-7-8(14-15-16)6-11(13)12(17)18/h2-5,7,11H,6,13H2,1H3,(H,17,18). The number of rotatable bonds is 5. The Morgan fingerprint density at radius 2 is 2.16 bits per heavy atom. The molecule has 2 rings (SSSR count). The van der Waals surface area contributed by atoms with Crippen molar-refractivity contribution < 1.29 is 14.6 Å². The van der Waals surface area contributed by atoms with E-state index >= 15 is 0 Å².